The van der Waals surface area contributed by atoms with Crippen molar-refractivity contribution in [1.82, 2.24) is 0 Å². The average molecular weight is 406 g/mol. The Hall–Kier alpha value is -3.51. The van der Waals surface area contributed by atoms with Crippen molar-refractivity contribution < 1.29 is 18.9 Å². The van der Waals surface area contributed by atoms with Crippen LogP contribution in [-0.2, 0) is 9.59 Å². The standard InChI is InChI=1S/C24H24FN3O2/c1-17(28(2)16-23(29)26-20-12-8-11-19(25)15-20)24(30)27-22-14-7-6-13-21(22)18-9-4-3-5-10-18/h3-15,17H,16H2,1-2H3,(H,26,29)(H,27,30)/p+1/t17-/m0/s1. The van der Waals surface area contributed by atoms with E-state index < -0.39 is 11.9 Å². The van der Waals surface area contributed by atoms with Gasteiger partial charge < -0.3 is 15.5 Å². The van der Waals surface area contributed by atoms with Crippen LogP contribution in [0.1, 0.15) is 6.92 Å². The van der Waals surface area contributed by atoms with Crippen molar-refractivity contribution in [3.63, 3.8) is 0 Å². The van der Waals surface area contributed by atoms with E-state index in [1.165, 1.54) is 18.2 Å². The van der Waals surface area contributed by atoms with E-state index in [-0.39, 0.29) is 18.4 Å². The molecule has 2 atom stereocenters. The first kappa shape index (κ1) is 21.2. The lowest BCUT2D eigenvalue weighted by Crippen LogP contribution is -3.14. The molecule has 0 spiro atoms. The number of hydrogen-bond acceptors (Lipinski definition) is 2. The molecule has 0 aliphatic heterocycles. The zero-order valence-corrected chi connectivity index (χ0v) is 17.0. The Bertz CT molecular complexity index is 1020. The van der Waals surface area contributed by atoms with Gasteiger partial charge in [0.05, 0.1) is 7.05 Å². The average Bonchev–Trinajstić information content (AvgIpc) is 2.74. The highest BCUT2D eigenvalue weighted by Crippen LogP contribution is 2.27. The summed E-state index contributed by atoms with van der Waals surface area (Å²) >= 11 is 0. The topological polar surface area (TPSA) is 62.6 Å². The second-order valence-corrected chi connectivity index (χ2v) is 7.20. The van der Waals surface area contributed by atoms with Gasteiger partial charge in [-0.25, -0.2) is 4.39 Å². The summed E-state index contributed by atoms with van der Waals surface area (Å²) < 4.78 is 13.3. The molecular formula is C24H25FN3O2+. The third-order valence-corrected chi connectivity index (χ3v) is 4.95. The first-order chi connectivity index (χ1) is 14.4. The second kappa shape index (κ2) is 9.80. The molecule has 3 N–H and O–H groups in total. The van der Waals surface area contributed by atoms with Crippen LogP contribution < -0.4 is 15.5 Å². The number of amides is 2. The lowest BCUT2D eigenvalue weighted by molar-refractivity contribution is -0.885. The van der Waals surface area contributed by atoms with Gasteiger partial charge in [0.1, 0.15) is 5.82 Å². The third-order valence-electron chi connectivity index (χ3n) is 4.95. The zero-order chi connectivity index (χ0) is 21.5. The smallest absolute Gasteiger partial charge is 0.282 e. The number of halogens is 1. The van der Waals surface area contributed by atoms with Crippen molar-refractivity contribution in [2.75, 3.05) is 24.2 Å². The number of para-hydroxylation sites is 1. The Labute approximate surface area is 175 Å². The lowest BCUT2D eigenvalue weighted by Gasteiger charge is -2.21. The van der Waals surface area contributed by atoms with Gasteiger partial charge in [-0.15, -0.1) is 0 Å². The van der Waals surface area contributed by atoms with Gasteiger partial charge in [-0.1, -0.05) is 54.6 Å². The van der Waals surface area contributed by atoms with Crippen LogP contribution in [-0.4, -0.2) is 31.4 Å². The monoisotopic (exact) mass is 406 g/mol. The maximum Gasteiger partial charge on any atom is 0.282 e. The zero-order valence-electron chi connectivity index (χ0n) is 17.0. The van der Waals surface area contributed by atoms with E-state index in [0.29, 0.717) is 5.69 Å². The summed E-state index contributed by atoms with van der Waals surface area (Å²) in [7, 11) is 1.78. The molecule has 5 nitrogen and oxygen atoms in total. The Morgan fingerprint density at radius 3 is 2.37 bits per heavy atom. The molecule has 0 saturated carbocycles. The Kier molecular flexibility index (Phi) is 6.93. The van der Waals surface area contributed by atoms with Gasteiger partial charge in [-0.3, -0.25) is 9.59 Å². The molecule has 3 aromatic carbocycles. The Morgan fingerprint density at radius 1 is 0.933 bits per heavy atom. The van der Waals surface area contributed by atoms with Crippen LogP contribution >= 0.6 is 0 Å². The quantitative estimate of drug-likeness (QED) is 0.565. The molecule has 154 valence electrons. The van der Waals surface area contributed by atoms with Gasteiger partial charge in [0, 0.05) is 16.9 Å². The lowest BCUT2D eigenvalue weighted by atomic mass is 10.0. The van der Waals surface area contributed by atoms with Crippen LogP contribution in [0.5, 0.6) is 0 Å². The van der Waals surface area contributed by atoms with Gasteiger partial charge in [-0.2, -0.15) is 0 Å². The number of carbonyl (C=O) groups is 2. The minimum absolute atomic E-state index is 0.0748. The van der Waals surface area contributed by atoms with Crippen LogP contribution in [0.3, 0.4) is 0 Å². The number of benzene rings is 3. The molecule has 2 amide bonds. The van der Waals surface area contributed by atoms with Crippen molar-refractivity contribution in [3.05, 3.63) is 84.7 Å². The van der Waals surface area contributed by atoms with Gasteiger partial charge in [0.2, 0.25) is 0 Å². The van der Waals surface area contributed by atoms with Crippen molar-refractivity contribution in [3.8, 4) is 11.1 Å². The van der Waals surface area contributed by atoms with Crippen LogP contribution in [0.15, 0.2) is 78.9 Å². The van der Waals surface area contributed by atoms with Gasteiger partial charge in [0.25, 0.3) is 11.8 Å². The fourth-order valence-corrected chi connectivity index (χ4v) is 3.10. The van der Waals surface area contributed by atoms with Crippen LogP contribution in [0.4, 0.5) is 15.8 Å². The van der Waals surface area contributed by atoms with E-state index in [0.717, 1.165) is 21.7 Å². The molecule has 0 aromatic heterocycles. The van der Waals surface area contributed by atoms with Crippen LogP contribution in [0, 0.1) is 5.82 Å². The van der Waals surface area contributed by atoms with E-state index in [2.05, 4.69) is 10.6 Å². The van der Waals surface area contributed by atoms with Crippen LogP contribution in [0.25, 0.3) is 11.1 Å². The third kappa shape index (κ3) is 5.52. The fourth-order valence-electron chi connectivity index (χ4n) is 3.10. The van der Waals surface area contributed by atoms with Gasteiger partial charge in [0.15, 0.2) is 12.6 Å². The molecule has 0 aliphatic rings. The number of carbonyl (C=O) groups excluding carboxylic acids is 2. The number of quaternary nitrogens is 1. The highest BCUT2D eigenvalue weighted by atomic mass is 19.1. The number of rotatable bonds is 7. The normalized spacial score (nSPS) is 12.6. The van der Waals surface area contributed by atoms with Crippen LogP contribution in [0.2, 0.25) is 0 Å². The number of likely N-dealkylation sites (N-methyl/N-ethyl adjacent to an activating group) is 1. The molecule has 0 heterocycles. The number of nitrogens with one attached hydrogen (secondary N) is 3. The molecule has 3 aromatic rings. The molecule has 0 fully saturated rings. The van der Waals surface area contributed by atoms with E-state index in [1.807, 2.05) is 54.6 Å². The molecular weight excluding hydrogens is 381 g/mol. The largest absolute Gasteiger partial charge is 0.321 e. The summed E-state index contributed by atoms with van der Waals surface area (Å²) in [6.45, 7) is 1.84. The molecule has 0 saturated heterocycles. The summed E-state index contributed by atoms with van der Waals surface area (Å²) in [5.41, 5.74) is 3.05. The van der Waals surface area contributed by atoms with E-state index in [1.54, 1.807) is 20.0 Å². The molecule has 6 heteroatoms. The summed E-state index contributed by atoms with van der Waals surface area (Å²) in [6, 6.07) is 22.7. The molecule has 0 radical (unpaired) electrons. The van der Waals surface area contributed by atoms with E-state index in [9.17, 15) is 14.0 Å². The maximum absolute atomic E-state index is 13.3. The summed E-state index contributed by atoms with van der Waals surface area (Å²) in [4.78, 5) is 25.8. The summed E-state index contributed by atoms with van der Waals surface area (Å²) in [5.74, 6) is -0.893. The van der Waals surface area contributed by atoms with Crippen molar-refractivity contribution in [1.29, 1.82) is 0 Å². The first-order valence-corrected chi connectivity index (χ1v) is 9.77. The minimum Gasteiger partial charge on any atom is -0.321 e. The van der Waals surface area contributed by atoms with Gasteiger partial charge in [-0.05, 0) is 36.8 Å². The minimum atomic E-state index is -0.466. The molecule has 30 heavy (non-hydrogen) atoms. The first-order valence-electron chi connectivity index (χ1n) is 9.77. The van der Waals surface area contributed by atoms with E-state index in [4.69, 9.17) is 0 Å². The highest BCUT2D eigenvalue weighted by molar-refractivity contribution is 5.98. The van der Waals surface area contributed by atoms with E-state index >= 15 is 0 Å². The summed E-state index contributed by atoms with van der Waals surface area (Å²) in [5, 5.41) is 5.64. The van der Waals surface area contributed by atoms with Crippen molar-refractivity contribution in [2.45, 2.75) is 13.0 Å². The Morgan fingerprint density at radius 2 is 1.63 bits per heavy atom. The predicted molar refractivity (Wildman–Crippen MR) is 117 cm³/mol. The van der Waals surface area contributed by atoms with Crippen molar-refractivity contribution in [2.24, 2.45) is 0 Å². The SMILES string of the molecule is C[C@@H](C(=O)Nc1ccccc1-c1ccccc1)[NH+](C)CC(=O)Nc1cccc(F)c1. The summed E-state index contributed by atoms with van der Waals surface area (Å²) in [6.07, 6.45) is 0. The highest BCUT2D eigenvalue weighted by Gasteiger charge is 2.24. The second-order valence-electron chi connectivity index (χ2n) is 7.20. The predicted octanol–water partition coefficient (Wildman–Crippen LogP) is 2.97. The molecule has 3 rings (SSSR count). The Balaban J connectivity index is 1.62. The maximum atomic E-state index is 13.3. The fraction of sp³-hybridized carbons (Fsp3) is 0.167. The number of hydrogen-bond donors (Lipinski definition) is 3. The number of anilines is 2. The molecule has 0 aliphatic carbocycles. The van der Waals surface area contributed by atoms with Gasteiger partial charge >= 0.3 is 0 Å². The molecule has 1 unspecified atom stereocenters. The van der Waals surface area contributed by atoms with Crippen molar-refractivity contribution >= 4 is 23.2 Å². The molecule has 0 bridgehead atoms.